The summed E-state index contributed by atoms with van der Waals surface area (Å²) < 4.78 is 15.5. The Balaban J connectivity index is 1.53. The summed E-state index contributed by atoms with van der Waals surface area (Å²) in [7, 11) is 1.96. The van der Waals surface area contributed by atoms with E-state index in [2.05, 4.69) is 25.1 Å². The van der Waals surface area contributed by atoms with Crippen molar-refractivity contribution in [3.05, 3.63) is 59.7 Å². The van der Waals surface area contributed by atoms with Crippen LogP contribution in [-0.4, -0.2) is 61.5 Å². The fourth-order valence-corrected chi connectivity index (χ4v) is 4.35. The van der Waals surface area contributed by atoms with Gasteiger partial charge in [-0.3, -0.25) is 10.00 Å². The molecule has 0 fully saturated rings. The molecule has 4 N–H and O–H groups in total. The lowest BCUT2D eigenvalue weighted by Crippen LogP contribution is -2.28. The Bertz CT molecular complexity index is 1340. The van der Waals surface area contributed by atoms with Gasteiger partial charge < -0.3 is 15.2 Å². The van der Waals surface area contributed by atoms with E-state index in [1.807, 2.05) is 26.1 Å². The van der Waals surface area contributed by atoms with Gasteiger partial charge >= 0.3 is 0 Å². The van der Waals surface area contributed by atoms with Crippen LogP contribution in [0.2, 0.25) is 0 Å². The lowest BCUT2D eigenvalue weighted by atomic mass is 9.96. The van der Waals surface area contributed by atoms with E-state index >= 15 is 4.39 Å². The third-order valence-electron chi connectivity index (χ3n) is 6.15. The first kappa shape index (κ1) is 20.4. The Hall–Kier alpha value is -3.49. The van der Waals surface area contributed by atoms with Gasteiger partial charge in [-0.15, -0.1) is 0 Å². The molecular weight excluding hydrogens is 409 g/mol. The molecule has 0 saturated heterocycles. The van der Waals surface area contributed by atoms with Crippen LogP contribution in [0, 0.1) is 5.82 Å². The molecule has 0 amide bonds. The summed E-state index contributed by atoms with van der Waals surface area (Å²) in [6, 6.07) is 8.53. The standard InChI is InChI=1S/C24H24FN5O2/c1-3-13-9-16(32)4-5-17(13)18-6-7-19-22(21(18)25)28-29-23(19)24-26-10-20(27-24)14-8-15(12-31)30(2)11-14/h4-10,15,31-32H,3,11-12H2,1-2H3,(H,26,27)(H,28,29)/t15-/m1/s1. The number of aromatic hydroxyl groups is 1. The summed E-state index contributed by atoms with van der Waals surface area (Å²) in [6.07, 6.45) is 4.44. The van der Waals surface area contributed by atoms with Crippen LogP contribution in [0.5, 0.6) is 5.75 Å². The maximum absolute atomic E-state index is 15.5. The minimum absolute atomic E-state index is 0.00911. The number of halogens is 1. The van der Waals surface area contributed by atoms with E-state index in [1.165, 1.54) is 0 Å². The number of phenols is 1. The number of aromatic nitrogens is 4. The number of fused-ring (bicyclic) bond motifs is 1. The summed E-state index contributed by atoms with van der Waals surface area (Å²) in [6.45, 7) is 2.74. The summed E-state index contributed by atoms with van der Waals surface area (Å²) in [5.74, 6) is 0.323. The number of rotatable bonds is 5. The smallest absolute Gasteiger partial charge is 0.159 e. The number of aromatic amines is 2. The Morgan fingerprint density at radius 3 is 2.78 bits per heavy atom. The monoisotopic (exact) mass is 433 g/mol. The van der Waals surface area contributed by atoms with Gasteiger partial charge in [0.1, 0.15) is 17.0 Å². The van der Waals surface area contributed by atoms with Gasteiger partial charge in [-0.25, -0.2) is 9.37 Å². The van der Waals surface area contributed by atoms with Gasteiger partial charge in [-0.2, -0.15) is 5.10 Å². The van der Waals surface area contributed by atoms with Crippen molar-refractivity contribution in [1.29, 1.82) is 0 Å². The summed E-state index contributed by atoms with van der Waals surface area (Å²) in [5.41, 5.74) is 4.83. The highest BCUT2D eigenvalue weighted by atomic mass is 19.1. The molecule has 32 heavy (non-hydrogen) atoms. The van der Waals surface area contributed by atoms with E-state index in [0.29, 0.717) is 35.4 Å². The molecule has 8 heteroatoms. The van der Waals surface area contributed by atoms with Crippen molar-refractivity contribution in [2.75, 3.05) is 20.2 Å². The Labute approximate surface area is 184 Å². The van der Waals surface area contributed by atoms with Crippen molar-refractivity contribution >= 4 is 16.5 Å². The molecule has 5 rings (SSSR count). The molecule has 0 bridgehead atoms. The quantitative estimate of drug-likeness (QED) is 0.384. The van der Waals surface area contributed by atoms with Gasteiger partial charge in [0.15, 0.2) is 11.6 Å². The SMILES string of the molecule is CCc1cc(O)ccc1-c1ccc2c(-c3ncc(C4=C[C@H](CO)N(C)C4)[nH]3)[nH]nc2c1F. The molecule has 3 heterocycles. The van der Waals surface area contributed by atoms with Gasteiger partial charge in [0.25, 0.3) is 0 Å². The Morgan fingerprint density at radius 1 is 1.22 bits per heavy atom. The number of phenolic OH excluding ortho intramolecular Hbond substituents is 1. The minimum atomic E-state index is -0.414. The number of aliphatic hydroxyl groups is 1. The van der Waals surface area contributed by atoms with Crippen molar-refractivity contribution in [3.8, 4) is 28.4 Å². The highest BCUT2D eigenvalue weighted by Crippen LogP contribution is 2.35. The van der Waals surface area contributed by atoms with Crippen LogP contribution < -0.4 is 0 Å². The van der Waals surface area contributed by atoms with Crippen molar-refractivity contribution in [2.24, 2.45) is 0 Å². The van der Waals surface area contributed by atoms with Gasteiger partial charge in [0.2, 0.25) is 0 Å². The fourth-order valence-electron chi connectivity index (χ4n) is 4.35. The number of aliphatic hydroxyl groups excluding tert-OH is 1. The van der Waals surface area contributed by atoms with Gasteiger partial charge in [-0.1, -0.05) is 25.1 Å². The number of imidazole rings is 1. The lowest BCUT2D eigenvalue weighted by molar-refractivity contribution is 0.199. The predicted octanol–water partition coefficient (Wildman–Crippen LogP) is 3.72. The first-order valence-corrected chi connectivity index (χ1v) is 10.6. The molecule has 0 spiro atoms. The molecule has 0 saturated carbocycles. The molecule has 1 atom stereocenters. The molecule has 1 aliphatic rings. The van der Waals surface area contributed by atoms with E-state index in [1.54, 1.807) is 30.5 Å². The average molecular weight is 433 g/mol. The third kappa shape index (κ3) is 3.28. The number of aryl methyl sites for hydroxylation is 1. The van der Waals surface area contributed by atoms with E-state index in [4.69, 9.17) is 0 Å². The molecule has 164 valence electrons. The topological polar surface area (TPSA) is 101 Å². The molecule has 1 aliphatic heterocycles. The van der Waals surface area contributed by atoms with Crippen LogP contribution in [0.25, 0.3) is 39.1 Å². The van der Waals surface area contributed by atoms with Crippen molar-refractivity contribution in [1.82, 2.24) is 25.1 Å². The van der Waals surface area contributed by atoms with Crippen LogP contribution in [0.4, 0.5) is 4.39 Å². The van der Waals surface area contributed by atoms with E-state index in [0.717, 1.165) is 22.4 Å². The minimum Gasteiger partial charge on any atom is -0.508 e. The maximum atomic E-state index is 15.5. The Kier molecular flexibility index (Phi) is 5.03. The number of H-pyrrole nitrogens is 2. The van der Waals surface area contributed by atoms with Crippen LogP contribution in [0.15, 0.2) is 42.6 Å². The number of likely N-dealkylation sites (N-methyl/N-ethyl adjacent to an activating group) is 1. The molecule has 4 aromatic rings. The first-order valence-electron chi connectivity index (χ1n) is 10.6. The summed E-state index contributed by atoms with van der Waals surface area (Å²) >= 11 is 0. The van der Waals surface area contributed by atoms with Crippen molar-refractivity contribution in [2.45, 2.75) is 19.4 Å². The van der Waals surface area contributed by atoms with Crippen LogP contribution in [0.3, 0.4) is 0 Å². The zero-order valence-corrected chi connectivity index (χ0v) is 17.9. The van der Waals surface area contributed by atoms with E-state index in [9.17, 15) is 10.2 Å². The number of benzene rings is 2. The number of nitrogens with zero attached hydrogens (tertiary/aromatic N) is 3. The molecule has 7 nitrogen and oxygen atoms in total. The average Bonchev–Trinajstić information content (AvgIpc) is 3.52. The van der Waals surface area contributed by atoms with Gasteiger partial charge in [-0.05, 0) is 48.4 Å². The third-order valence-corrected chi connectivity index (χ3v) is 6.15. The first-order chi connectivity index (χ1) is 15.5. The summed E-state index contributed by atoms with van der Waals surface area (Å²) in [4.78, 5) is 9.84. The van der Waals surface area contributed by atoms with Gasteiger partial charge in [0.05, 0.1) is 24.5 Å². The van der Waals surface area contributed by atoms with E-state index in [-0.39, 0.29) is 23.9 Å². The van der Waals surface area contributed by atoms with Crippen LogP contribution >= 0.6 is 0 Å². The fraction of sp³-hybridized carbons (Fsp3) is 0.250. The second kappa shape index (κ2) is 7.89. The second-order valence-corrected chi connectivity index (χ2v) is 8.12. The lowest BCUT2D eigenvalue weighted by Gasteiger charge is -2.15. The zero-order chi connectivity index (χ0) is 22.4. The molecule has 0 unspecified atom stereocenters. The highest BCUT2D eigenvalue weighted by molar-refractivity contribution is 5.95. The van der Waals surface area contributed by atoms with Crippen molar-refractivity contribution in [3.63, 3.8) is 0 Å². The molecular formula is C24H24FN5O2. The normalized spacial score (nSPS) is 16.8. The molecule has 0 radical (unpaired) electrons. The largest absolute Gasteiger partial charge is 0.508 e. The predicted molar refractivity (Wildman–Crippen MR) is 122 cm³/mol. The van der Waals surface area contributed by atoms with Crippen LogP contribution in [0.1, 0.15) is 18.2 Å². The molecule has 0 aliphatic carbocycles. The van der Waals surface area contributed by atoms with Crippen molar-refractivity contribution < 1.29 is 14.6 Å². The highest BCUT2D eigenvalue weighted by Gasteiger charge is 2.24. The number of nitrogens with one attached hydrogen (secondary N) is 2. The number of hydrogen-bond donors (Lipinski definition) is 4. The second-order valence-electron chi connectivity index (χ2n) is 8.12. The molecule has 2 aromatic carbocycles. The maximum Gasteiger partial charge on any atom is 0.159 e. The van der Waals surface area contributed by atoms with Crippen LogP contribution in [-0.2, 0) is 6.42 Å². The zero-order valence-electron chi connectivity index (χ0n) is 17.9. The van der Waals surface area contributed by atoms with Gasteiger partial charge in [0, 0.05) is 17.5 Å². The Morgan fingerprint density at radius 2 is 2.03 bits per heavy atom. The van der Waals surface area contributed by atoms with E-state index < -0.39 is 5.82 Å². The summed E-state index contributed by atoms with van der Waals surface area (Å²) in [5, 5.41) is 27.0. The number of hydrogen-bond acceptors (Lipinski definition) is 5. The molecule has 2 aromatic heterocycles.